The standard InChI is InChI=1S/C34H21NS/c1-3-9-21(10-4-1)23-15-17-29-27(19-23)32-33(35-29)26-14-8-7-13-25(26)31-28-20-24(22-11-5-2-6-12-22)16-18-30(28)36-34(31)32/h1-20,35H. The van der Waals surface area contributed by atoms with E-state index in [1.54, 1.807) is 0 Å². The lowest BCUT2D eigenvalue weighted by molar-refractivity contribution is 1.56. The molecule has 0 spiro atoms. The van der Waals surface area contributed by atoms with Gasteiger partial charge >= 0.3 is 0 Å². The Morgan fingerprint density at radius 1 is 0.444 bits per heavy atom. The van der Waals surface area contributed by atoms with Crippen LogP contribution >= 0.6 is 11.3 Å². The molecule has 2 heterocycles. The smallest absolute Gasteiger partial charge is 0.0559 e. The Labute approximate surface area is 212 Å². The van der Waals surface area contributed by atoms with E-state index in [4.69, 9.17) is 0 Å². The van der Waals surface area contributed by atoms with Crippen LogP contribution in [0.25, 0.3) is 75.0 Å². The van der Waals surface area contributed by atoms with E-state index in [2.05, 4.69) is 126 Å². The number of hydrogen-bond donors (Lipinski definition) is 1. The molecule has 2 heteroatoms. The molecule has 36 heavy (non-hydrogen) atoms. The molecule has 168 valence electrons. The maximum atomic E-state index is 3.78. The maximum absolute atomic E-state index is 3.78. The first-order valence-electron chi connectivity index (χ1n) is 12.3. The molecule has 0 saturated carbocycles. The van der Waals surface area contributed by atoms with Crippen LogP contribution in [0.15, 0.2) is 121 Å². The minimum Gasteiger partial charge on any atom is -0.354 e. The van der Waals surface area contributed by atoms with Crippen LogP contribution in [0.4, 0.5) is 0 Å². The second-order valence-electron chi connectivity index (χ2n) is 9.43. The molecule has 0 fully saturated rings. The average Bonchev–Trinajstić information content (AvgIpc) is 3.52. The molecule has 0 bridgehead atoms. The zero-order valence-electron chi connectivity index (χ0n) is 19.5. The van der Waals surface area contributed by atoms with Crippen LogP contribution < -0.4 is 0 Å². The van der Waals surface area contributed by atoms with Crippen molar-refractivity contribution in [2.75, 3.05) is 0 Å². The summed E-state index contributed by atoms with van der Waals surface area (Å²) in [5.41, 5.74) is 7.42. The van der Waals surface area contributed by atoms with Crippen molar-refractivity contribution in [3.05, 3.63) is 121 Å². The van der Waals surface area contributed by atoms with Crippen molar-refractivity contribution in [2.45, 2.75) is 0 Å². The van der Waals surface area contributed by atoms with Gasteiger partial charge in [-0.25, -0.2) is 0 Å². The molecule has 6 aromatic carbocycles. The number of fused-ring (bicyclic) bond motifs is 10. The summed E-state index contributed by atoms with van der Waals surface area (Å²) in [5, 5.41) is 7.91. The van der Waals surface area contributed by atoms with Crippen LogP contribution in [-0.2, 0) is 0 Å². The Bertz CT molecular complexity index is 2080. The highest BCUT2D eigenvalue weighted by Crippen LogP contribution is 2.47. The van der Waals surface area contributed by atoms with Crippen molar-refractivity contribution in [2.24, 2.45) is 0 Å². The van der Waals surface area contributed by atoms with Gasteiger partial charge in [0.25, 0.3) is 0 Å². The molecule has 2 aromatic heterocycles. The van der Waals surface area contributed by atoms with Gasteiger partial charge in [0.05, 0.1) is 5.52 Å². The Morgan fingerprint density at radius 3 is 1.78 bits per heavy atom. The fourth-order valence-electron chi connectivity index (χ4n) is 5.71. The lowest BCUT2D eigenvalue weighted by Crippen LogP contribution is -1.80. The molecule has 0 aliphatic heterocycles. The van der Waals surface area contributed by atoms with E-state index in [1.165, 1.54) is 75.0 Å². The monoisotopic (exact) mass is 475 g/mol. The highest BCUT2D eigenvalue weighted by atomic mass is 32.1. The summed E-state index contributed by atoms with van der Waals surface area (Å²) in [4.78, 5) is 3.78. The second kappa shape index (κ2) is 7.55. The molecule has 1 N–H and O–H groups in total. The fraction of sp³-hybridized carbons (Fsp3) is 0. The zero-order valence-corrected chi connectivity index (χ0v) is 20.3. The van der Waals surface area contributed by atoms with Crippen LogP contribution in [0.2, 0.25) is 0 Å². The molecule has 0 atom stereocenters. The normalized spacial score (nSPS) is 11.9. The number of nitrogens with one attached hydrogen (secondary N) is 1. The predicted molar refractivity (Wildman–Crippen MR) is 157 cm³/mol. The van der Waals surface area contributed by atoms with Crippen LogP contribution in [0.1, 0.15) is 0 Å². The van der Waals surface area contributed by atoms with E-state index in [-0.39, 0.29) is 0 Å². The third kappa shape index (κ3) is 2.82. The number of aromatic amines is 1. The molecule has 0 radical (unpaired) electrons. The van der Waals surface area contributed by atoms with E-state index >= 15 is 0 Å². The van der Waals surface area contributed by atoms with Gasteiger partial charge in [0, 0.05) is 41.8 Å². The van der Waals surface area contributed by atoms with Crippen molar-refractivity contribution in [3.8, 4) is 22.3 Å². The Kier molecular flexibility index (Phi) is 4.16. The van der Waals surface area contributed by atoms with Crippen molar-refractivity contribution < 1.29 is 0 Å². The fourth-order valence-corrected chi connectivity index (χ4v) is 6.97. The summed E-state index contributed by atoms with van der Waals surface area (Å²) in [6.07, 6.45) is 0. The zero-order chi connectivity index (χ0) is 23.6. The van der Waals surface area contributed by atoms with E-state index in [9.17, 15) is 0 Å². The number of benzene rings is 6. The lowest BCUT2D eigenvalue weighted by Gasteiger charge is -2.06. The lowest BCUT2D eigenvalue weighted by atomic mass is 9.97. The van der Waals surface area contributed by atoms with Crippen LogP contribution in [-0.4, -0.2) is 4.98 Å². The molecule has 1 nitrogen and oxygen atoms in total. The van der Waals surface area contributed by atoms with Gasteiger partial charge in [-0.1, -0.05) is 97.1 Å². The van der Waals surface area contributed by atoms with Gasteiger partial charge in [-0.15, -0.1) is 11.3 Å². The SMILES string of the molecule is c1ccc(-c2ccc3sc4c(c3c2)c2ccccc2c2[nH]c3ccc(-c5ccccc5)cc3c24)cc1. The topological polar surface area (TPSA) is 15.8 Å². The summed E-state index contributed by atoms with van der Waals surface area (Å²) < 4.78 is 2.69. The van der Waals surface area contributed by atoms with Crippen LogP contribution in [0.3, 0.4) is 0 Å². The quantitative estimate of drug-likeness (QED) is 0.256. The Hall–Kier alpha value is -4.40. The molecular weight excluding hydrogens is 454 g/mol. The van der Waals surface area contributed by atoms with Gasteiger partial charge in [-0.3, -0.25) is 0 Å². The highest BCUT2D eigenvalue weighted by molar-refractivity contribution is 7.27. The number of aromatic nitrogens is 1. The highest BCUT2D eigenvalue weighted by Gasteiger charge is 2.18. The summed E-state index contributed by atoms with van der Waals surface area (Å²) in [6.45, 7) is 0. The van der Waals surface area contributed by atoms with Gasteiger partial charge in [0.15, 0.2) is 0 Å². The first-order valence-corrected chi connectivity index (χ1v) is 13.1. The first-order chi connectivity index (χ1) is 17.8. The predicted octanol–water partition coefficient (Wildman–Crippen LogP) is 10.2. The molecule has 0 saturated heterocycles. The van der Waals surface area contributed by atoms with Gasteiger partial charge < -0.3 is 4.98 Å². The minimum atomic E-state index is 1.18. The largest absolute Gasteiger partial charge is 0.354 e. The summed E-state index contributed by atoms with van der Waals surface area (Å²) in [7, 11) is 0. The van der Waals surface area contributed by atoms with E-state index in [0.29, 0.717) is 0 Å². The molecule has 8 aromatic rings. The maximum Gasteiger partial charge on any atom is 0.0559 e. The molecule has 0 unspecified atom stereocenters. The Morgan fingerprint density at radius 2 is 1.06 bits per heavy atom. The number of rotatable bonds is 2. The number of thiophene rings is 1. The summed E-state index contributed by atoms with van der Waals surface area (Å²) in [5.74, 6) is 0. The third-order valence-electron chi connectivity index (χ3n) is 7.39. The third-order valence-corrected chi connectivity index (χ3v) is 8.58. The van der Waals surface area contributed by atoms with Gasteiger partial charge in [0.2, 0.25) is 0 Å². The first kappa shape index (κ1) is 19.9. The van der Waals surface area contributed by atoms with Gasteiger partial charge in [-0.2, -0.15) is 0 Å². The van der Waals surface area contributed by atoms with Crippen LogP contribution in [0.5, 0.6) is 0 Å². The number of hydrogen-bond acceptors (Lipinski definition) is 1. The second-order valence-corrected chi connectivity index (χ2v) is 10.5. The van der Waals surface area contributed by atoms with E-state index in [1.807, 2.05) is 11.3 Å². The van der Waals surface area contributed by atoms with Crippen LogP contribution in [0, 0.1) is 0 Å². The summed E-state index contributed by atoms with van der Waals surface area (Å²) in [6, 6.07) is 44.0. The molecular formula is C34H21NS. The molecule has 0 aliphatic carbocycles. The molecule has 8 rings (SSSR count). The minimum absolute atomic E-state index is 1.18. The van der Waals surface area contributed by atoms with Gasteiger partial charge in [0.1, 0.15) is 0 Å². The van der Waals surface area contributed by atoms with Crippen molar-refractivity contribution in [3.63, 3.8) is 0 Å². The average molecular weight is 476 g/mol. The van der Waals surface area contributed by atoms with Gasteiger partial charge in [-0.05, 0) is 51.9 Å². The van der Waals surface area contributed by atoms with Crippen molar-refractivity contribution in [1.82, 2.24) is 4.98 Å². The Balaban J connectivity index is 1.53. The molecule has 0 amide bonds. The summed E-state index contributed by atoms with van der Waals surface area (Å²) >= 11 is 1.91. The van der Waals surface area contributed by atoms with E-state index in [0.717, 1.165) is 0 Å². The van der Waals surface area contributed by atoms with E-state index < -0.39 is 0 Å². The van der Waals surface area contributed by atoms with Crippen molar-refractivity contribution >= 4 is 64.1 Å². The van der Waals surface area contributed by atoms with Crippen molar-refractivity contribution in [1.29, 1.82) is 0 Å². The number of H-pyrrole nitrogens is 1. The molecule has 0 aliphatic rings.